The van der Waals surface area contributed by atoms with Gasteiger partial charge in [-0.3, -0.25) is 9.00 Å². The molecule has 0 saturated heterocycles. The molecule has 2 atom stereocenters. The fourth-order valence-electron chi connectivity index (χ4n) is 1.66. The van der Waals surface area contributed by atoms with Crippen LogP contribution in [0.1, 0.15) is 29.3 Å². The van der Waals surface area contributed by atoms with Gasteiger partial charge in [-0.2, -0.15) is 0 Å². The maximum absolute atomic E-state index is 12.0. The van der Waals surface area contributed by atoms with Crippen LogP contribution in [-0.4, -0.2) is 36.6 Å². The standard InChI is InChI=1S/C13H18ClNO4S2/c1-9-4-5-11(8-12(9)21(14,18)19)13(16)15-7-6-10(2)20(3)17/h4-5,8,10H,6-7H2,1-3H3,(H,15,16). The van der Waals surface area contributed by atoms with E-state index >= 15 is 0 Å². The van der Waals surface area contributed by atoms with E-state index in [1.54, 1.807) is 13.2 Å². The van der Waals surface area contributed by atoms with Gasteiger partial charge in [-0.15, -0.1) is 0 Å². The summed E-state index contributed by atoms with van der Waals surface area (Å²) in [6.45, 7) is 3.82. The van der Waals surface area contributed by atoms with E-state index in [2.05, 4.69) is 5.32 Å². The topological polar surface area (TPSA) is 80.3 Å². The minimum absolute atomic E-state index is 0.0119. The van der Waals surface area contributed by atoms with Crippen LogP contribution in [0.25, 0.3) is 0 Å². The van der Waals surface area contributed by atoms with Crippen molar-refractivity contribution < 1.29 is 17.4 Å². The van der Waals surface area contributed by atoms with Crippen molar-refractivity contribution in [2.24, 2.45) is 0 Å². The maximum Gasteiger partial charge on any atom is 0.261 e. The first-order valence-corrected chi connectivity index (χ1v) is 10.2. The molecule has 1 aromatic carbocycles. The van der Waals surface area contributed by atoms with Crippen LogP contribution >= 0.6 is 10.7 Å². The summed E-state index contributed by atoms with van der Waals surface area (Å²) in [6.07, 6.45) is 2.20. The third-order valence-electron chi connectivity index (χ3n) is 3.12. The number of hydrogen-bond donors (Lipinski definition) is 1. The summed E-state index contributed by atoms with van der Waals surface area (Å²) in [6, 6.07) is 4.33. The average Bonchev–Trinajstić information content (AvgIpc) is 2.37. The number of carbonyl (C=O) groups excluding carboxylic acids is 1. The molecule has 5 nitrogen and oxygen atoms in total. The number of halogens is 1. The van der Waals surface area contributed by atoms with E-state index in [0.717, 1.165) is 0 Å². The Hall–Kier alpha value is -0.920. The van der Waals surface area contributed by atoms with E-state index < -0.39 is 19.9 Å². The first-order chi connectivity index (χ1) is 9.62. The summed E-state index contributed by atoms with van der Waals surface area (Å²) < 4.78 is 34.0. The van der Waals surface area contributed by atoms with Crippen molar-refractivity contribution in [3.8, 4) is 0 Å². The van der Waals surface area contributed by atoms with Crippen molar-refractivity contribution >= 4 is 36.4 Å². The van der Waals surface area contributed by atoms with E-state index in [-0.39, 0.29) is 21.6 Å². The monoisotopic (exact) mass is 351 g/mol. The Bertz CT molecular complexity index is 658. The zero-order chi connectivity index (χ0) is 16.2. The lowest BCUT2D eigenvalue weighted by atomic mass is 10.1. The molecule has 0 heterocycles. The second-order valence-corrected chi connectivity index (χ2v) is 9.11. The van der Waals surface area contributed by atoms with Crippen LogP contribution in [0, 0.1) is 6.92 Å². The van der Waals surface area contributed by atoms with Gasteiger partial charge in [0.15, 0.2) is 0 Å². The van der Waals surface area contributed by atoms with Crippen molar-refractivity contribution in [3.05, 3.63) is 29.3 Å². The van der Waals surface area contributed by atoms with Crippen molar-refractivity contribution in [2.75, 3.05) is 12.8 Å². The Labute approximate surface area is 132 Å². The van der Waals surface area contributed by atoms with Crippen molar-refractivity contribution in [3.63, 3.8) is 0 Å². The molecule has 0 aliphatic heterocycles. The predicted octanol–water partition coefficient (Wildman–Crippen LogP) is 1.81. The number of rotatable bonds is 6. The highest BCUT2D eigenvalue weighted by atomic mass is 35.7. The largest absolute Gasteiger partial charge is 0.352 e. The first-order valence-electron chi connectivity index (χ1n) is 6.28. The molecular formula is C13H18ClNO4S2. The SMILES string of the molecule is Cc1ccc(C(=O)NCCC(C)S(C)=O)cc1S(=O)(=O)Cl. The fourth-order valence-corrected chi connectivity index (χ4v) is 3.33. The lowest BCUT2D eigenvalue weighted by molar-refractivity contribution is 0.0953. The number of hydrogen-bond acceptors (Lipinski definition) is 4. The number of benzene rings is 1. The Morgan fingerprint density at radius 3 is 2.57 bits per heavy atom. The minimum Gasteiger partial charge on any atom is -0.352 e. The number of aryl methyl sites for hydroxylation is 1. The van der Waals surface area contributed by atoms with Gasteiger partial charge in [0.1, 0.15) is 0 Å². The molecule has 1 amide bonds. The molecule has 0 radical (unpaired) electrons. The molecule has 118 valence electrons. The highest BCUT2D eigenvalue weighted by molar-refractivity contribution is 8.13. The summed E-state index contributed by atoms with van der Waals surface area (Å²) in [7, 11) is 0.509. The first kappa shape index (κ1) is 18.1. The second-order valence-electron chi connectivity index (χ2n) is 4.77. The number of carbonyl (C=O) groups is 1. The zero-order valence-corrected chi connectivity index (χ0v) is 14.4. The highest BCUT2D eigenvalue weighted by Gasteiger charge is 2.16. The molecule has 2 unspecified atom stereocenters. The molecule has 0 saturated carbocycles. The van der Waals surface area contributed by atoms with E-state index in [4.69, 9.17) is 10.7 Å². The van der Waals surface area contributed by atoms with Crippen LogP contribution in [0.4, 0.5) is 0 Å². The lowest BCUT2D eigenvalue weighted by Crippen LogP contribution is -2.27. The molecule has 0 spiro atoms. The minimum atomic E-state index is -3.88. The summed E-state index contributed by atoms with van der Waals surface area (Å²) >= 11 is 0. The van der Waals surface area contributed by atoms with Crippen LogP contribution in [0.2, 0.25) is 0 Å². The predicted molar refractivity (Wildman–Crippen MR) is 84.7 cm³/mol. The Balaban J connectivity index is 2.78. The van der Waals surface area contributed by atoms with Crippen LogP contribution in [-0.2, 0) is 19.9 Å². The molecule has 1 aromatic rings. The molecule has 0 aliphatic carbocycles. The summed E-state index contributed by atoms with van der Waals surface area (Å²) in [5.74, 6) is -0.384. The van der Waals surface area contributed by atoms with E-state index in [1.165, 1.54) is 18.2 Å². The van der Waals surface area contributed by atoms with Crippen molar-refractivity contribution in [2.45, 2.75) is 30.4 Å². The molecule has 0 bridgehead atoms. The quantitative estimate of drug-likeness (QED) is 0.792. The second kappa shape index (κ2) is 7.38. The smallest absolute Gasteiger partial charge is 0.261 e. The molecule has 0 aliphatic rings. The number of amides is 1. The molecule has 21 heavy (non-hydrogen) atoms. The van der Waals surface area contributed by atoms with E-state index in [9.17, 15) is 17.4 Å². The summed E-state index contributed by atoms with van der Waals surface area (Å²) in [4.78, 5) is 11.9. The van der Waals surface area contributed by atoms with Gasteiger partial charge in [-0.05, 0) is 31.0 Å². The van der Waals surface area contributed by atoms with E-state index in [0.29, 0.717) is 18.5 Å². The van der Waals surface area contributed by atoms with Crippen molar-refractivity contribution in [1.82, 2.24) is 5.32 Å². The third-order valence-corrected chi connectivity index (χ3v) is 5.95. The van der Waals surface area contributed by atoms with Gasteiger partial charge in [0.2, 0.25) is 0 Å². The van der Waals surface area contributed by atoms with Gasteiger partial charge in [0, 0.05) is 45.1 Å². The molecule has 1 N–H and O–H groups in total. The lowest BCUT2D eigenvalue weighted by Gasteiger charge is -2.10. The Morgan fingerprint density at radius 2 is 2.05 bits per heavy atom. The van der Waals surface area contributed by atoms with Crippen LogP contribution in [0.15, 0.2) is 23.1 Å². The van der Waals surface area contributed by atoms with Gasteiger partial charge in [-0.1, -0.05) is 13.0 Å². The third kappa shape index (κ3) is 5.41. The normalized spacial score (nSPS) is 14.5. The van der Waals surface area contributed by atoms with Gasteiger partial charge < -0.3 is 5.32 Å². The maximum atomic E-state index is 12.0. The summed E-state index contributed by atoms with van der Waals surface area (Å²) in [5, 5.41) is 2.66. The van der Waals surface area contributed by atoms with Crippen LogP contribution < -0.4 is 5.32 Å². The summed E-state index contributed by atoms with van der Waals surface area (Å²) in [5.41, 5.74) is 0.710. The van der Waals surface area contributed by atoms with E-state index in [1.807, 2.05) is 6.92 Å². The number of nitrogens with one attached hydrogen (secondary N) is 1. The fraction of sp³-hybridized carbons (Fsp3) is 0.462. The Morgan fingerprint density at radius 1 is 1.43 bits per heavy atom. The van der Waals surface area contributed by atoms with Crippen molar-refractivity contribution in [1.29, 1.82) is 0 Å². The molecule has 1 rings (SSSR count). The molecular weight excluding hydrogens is 334 g/mol. The van der Waals surface area contributed by atoms with Crippen LogP contribution in [0.3, 0.4) is 0 Å². The highest BCUT2D eigenvalue weighted by Crippen LogP contribution is 2.20. The van der Waals surface area contributed by atoms with Gasteiger partial charge >= 0.3 is 0 Å². The van der Waals surface area contributed by atoms with Crippen LogP contribution in [0.5, 0.6) is 0 Å². The molecule has 8 heteroatoms. The van der Waals surface area contributed by atoms with Gasteiger partial charge in [0.05, 0.1) is 4.90 Å². The zero-order valence-electron chi connectivity index (χ0n) is 12.1. The average molecular weight is 352 g/mol. The Kier molecular flexibility index (Phi) is 6.37. The van der Waals surface area contributed by atoms with Gasteiger partial charge in [-0.25, -0.2) is 8.42 Å². The van der Waals surface area contributed by atoms with Gasteiger partial charge in [0.25, 0.3) is 15.0 Å². The molecule has 0 aromatic heterocycles. The molecule has 0 fully saturated rings.